The standard InChI is InChI=1S/C23H22N2O3/c1-16-7-13-20(14-8-16)28-15-22(26)24-18-9-11-19(12-10-18)25-23(27)21-6-4-3-5-17(21)2/h3-14H,15H2,1-2H3,(H,24,26)(H,25,27). The molecule has 0 saturated carbocycles. The van der Waals surface area contributed by atoms with Crippen molar-refractivity contribution in [2.45, 2.75) is 13.8 Å². The predicted molar refractivity (Wildman–Crippen MR) is 111 cm³/mol. The van der Waals surface area contributed by atoms with E-state index in [9.17, 15) is 9.59 Å². The van der Waals surface area contributed by atoms with Crippen LogP contribution in [-0.2, 0) is 4.79 Å². The zero-order valence-corrected chi connectivity index (χ0v) is 15.9. The molecule has 0 radical (unpaired) electrons. The van der Waals surface area contributed by atoms with Crippen molar-refractivity contribution in [2.75, 3.05) is 17.2 Å². The third-order valence-corrected chi connectivity index (χ3v) is 4.21. The van der Waals surface area contributed by atoms with Gasteiger partial charge in [0, 0.05) is 16.9 Å². The molecule has 142 valence electrons. The molecule has 3 rings (SSSR count). The van der Waals surface area contributed by atoms with Crippen LogP contribution < -0.4 is 15.4 Å². The summed E-state index contributed by atoms with van der Waals surface area (Å²) < 4.78 is 5.46. The van der Waals surface area contributed by atoms with Crippen molar-refractivity contribution >= 4 is 23.2 Å². The zero-order valence-electron chi connectivity index (χ0n) is 15.9. The van der Waals surface area contributed by atoms with E-state index in [1.165, 1.54) is 0 Å². The molecule has 0 aliphatic rings. The first kappa shape index (κ1) is 19.2. The third kappa shape index (κ3) is 5.20. The number of carbonyl (C=O) groups excluding carboxylic acids is 2. The highest BCUT2D eigenvalue weighted by molar-refractivity contribution is 6.05. The normalized spacial score (nSPS) is 10.2. The molecule has 0 atom stereocenters. The number of aryl methyl sites for hydroxylation is 2. The van der Waals surface area contributed by atoms with Crippen LogP contribution in [0.1, 0.15) is 21.5 Å². The minimum absolute atomic E-state index is 0.0746. The van der Waals surface area contributed by atoms with Gasteiger partial charge >= 0.3 is 0 Å². The fraction of sp³-hybridized carbons (Fsp3) is 0.130. The highest BCUT2D eigenvalue weighted by Gasteiger charge is 2.09. The number of carbonyl (C=O) groups is 2. The molecular weight excluding hydrogens is 352 g/mol. The predicted octanol–water partition coefficient (Wildman–Crippen LogP) is 4.57. The average Bonchev–Trinajstić information content (AvgIpc) is 2.69. The lowest BCUT2D eigenvalue weighted by atomic mass is 10.1. The molecule has 28 heavy (non-hydrogen) atoms. The topological polar surface area (TPSA) is 67.4 Å². The van der Waals surface area contributed by atoms with Crippen molar-refractivity contribution in [1.29, 1.82) is 0 Å². The van der Waals surface area contributed by atoms with E-state index in [-0.39, 0.29) is 18.4 Å². The van der Waals surface area contributed by atoms with Gasteiger partial charge in [0.05, 0.1) is 0 Å². The summed E-state index contributed by atoms with van der Waals surface area (Å²) in [5.41, 5.74) is 3.96. The number of hydrogen-bond donors (Lipinski definition) is 2. The summed E-state index contributed by atoms with van der Waals surface area (Å²) >= 11 is 0. The van der Waals surface area contributed by atoms with E-state index < -0.39 is 0 Å². The van der Waals surface area contributed by atoms with Gasteiger partial charge in [0.25, 0.3) is 11.8 Å². The van der Waals surface area contributed by atoms with Crippen molar-refractivity contribution < 1.29 is 14.3 Å². The molecule has 5 heteroatoms. The van der Waals surface area contributed by atoms with Crippen LogP contribution in [-0.4, -0.2) is 18.4 Å². The molecule has 0 aliphatic carbocycles. The summed E-state index contributed by atoms with van der Waals surface area (Å²) in [5.74, 6) is 0.230. The van der Waals surface area contributed by atoms with Crippen LogP contribution in [0.25, 0.3) is 0 Å². The maximum atomic E-state index is 12.3. The van der Waals surface area contributed by atoms with E-state index in [0.29, 0.717) is 22.7 Å². The Bertz CT molecular complexity index is 964. The zero-order chi connectivity index (χ0) is 19.9. The van der Waals surface area contributed by atoms with Crippen molar-refractivity contribution in [2.24, 2.45) is 0 Å². The van der Waals surface area contributed by atoms with Gasteiger partial charge < -0.3 is 15.4 Å². The van der Waals surface area contributed by atoms with E-state index in [1.807, 2.05) is 56.3 Å². The van der Waals surface area contributed by atoms with Crippen molar-refractivity contribution in [3.63, 3.8) is 0 Å². The van der Waals surface area contributed by atoms with Gasteiger partial charge in [-0.1, -0.05) is 35.9 Å². The number of benzene rings is 3. The lowest BCUT2D eigenvalue weighted by Crippen LogP contribution is -2.20. The van der Waals surface area contributed by atoms with Gasteiger partial charge in [0.1, 0.15) is 5.75 Å². The fourth-order valence-corrected chi connectivity index (χ4v) is 2.64. The van der Waals surface area contributed by atoms with E-state index in [4.69, 9.17) is 4.74 Å². The van der Waals surface area contributed by atoms with E-state index in [1.54, 1.807) is 30.3 Å². The lowest BCUT2D eigenvalue weighted by molar-refractivity contribution is -0.118. The molecule has 0 aliphatic heterocycles. The minimum Gasteiger partial charge on any atom is -0.484 e. The average molecular weight is 374 g/mol. The Hall–Kier alpha value is -3.60. The molecule has 0 spiro atoms. The number of ether oxygens (including phenoxy) is 1. The molecule has 3 aromatic rings. The number of hydrogen-bond acceptors (Lipinski definition) is 3. The molecule has 0 heterocycles. The Kier molecular flexibility index (Phi) is 6.07. The van der Waals surface area contributed by atoms with Gasteiger partial charge in [-0.3, -0.25) is 9.59 Å². The van der Waals surface area contributed by atoms with Crippen molar-refractivity contribution in [3.8, 4) is 5.75 Å². The molecule has 0 saturated heterocycles. The highest BCUT2D eigenvalue weighted by atomic mass is 16.5. The molecule has 3 aromatic carbocycles. The van der Waals surface area contributed by atoms with Crippen molar-refractivity contribution in [1.82, 2.24) is 0 Å². The molecule has 5 nitrogen and oxygen atoms in total. The largest absolute Gasteiger partial charge is 0.484 e. The number of rotatable bonds is 6. The van der Waals surface area contributed by atoms with Gasteiger partial charge in [-0.2, -0.15) is 0 Å². The number of anilines is 2. The van der Waals surface area contributed by atoms with Crippen LogP contribution in [0.4, 0.5) is 11.4 Å². The van der Waals surface area contributed by atoms with Gasteiger partial charge in [-0.15, -0.1) is 0 Å². The second kappa shape index (κ2) is 8.86. The summed E-state index contributed by atoms with van der Waals surface area (Å²) in [6, 6.07) is 21.9. The Morgan fingerprint density at radius 3 is 2.04 bits per heavy atom. The van der Waals surface area contributed by atoms with Gasteiger partial charge in [-0.05, 0) is 61.9 Å². The van der Waals surface area contributed by atoms with Crippen LogP contribution in [0, 0.1) is 13.8 Å². The van der Waals surface area contributed by atoms with Gasteiger partial charge in [0.15, 0.2) is 6.61 Å². The molecule has 0 fully saturated rings. The summed E-state index contributed by atoms with van der Waals surface area (Å²) in [6.45, 7) is 3.81. The van der Waals surface area contributed by atoms with Crippen LogP contribution in [0.5, 0.6) is 5.75 Å². The first-order valence-corrected chi connectivity index (χ1v) is 8.97. The summed E-state index contributed by atoms with van der Waals surface area (Å²) in [5, 5.41) is 5.62. The van der Waals surface area contributed by atoms with E-state index in [2.05, 4.69) is 10.6 Å². The molecule has 2 N–H and O–H groups in total. The SMILES string of the molecule is Cc1ccc(OCC(=O)Nc2ccc(NC(=O)c3ccccc3C)cc2)cc1. The van der Waals surface area contributed by atoms with Gasteiger partial charge in [-0.25, -0.2) is 0 Å². The Labute approximate surface area is 164 Å². The van der Waals surface area contributed by atoms with Crippen LogP contribution in [0.15, 0.2) is 72.8 Å². The fourth-order valence-electron chi connectivity index (χ4n) is 2.64. The Balaban J connectivity index is 1.52. The second-order valence-electron chi connectivity index (χ2n) is 6.50. The summed E-state index contributed by atoms with van der Waals surface area (Å²) in [6.07, 6.45) is 0. The molecular formula is C23H22N2O3. The number of amides is 2. The Morgan fingerprint density at radius 2 is 1.39 bits per heavy atom. The lowest BCUT2D eigenvalue weighted by Gasteiger charge is -2.10. The minimum atomic E-state index is -0.253. The van der Waals surface area contributed by atoms with E-state index >= 15 is 0 Å². The highest BCUT2D eigenvalue weighted by Crippen LogP contribution is 2.16. The third-order valence-electron chi connectivity index (χ3n) is 4.21. The summed E-state index contributed by atoms with van der Waals surface area (Å²) in [7, 11) is 0. The quantitative estimate of drug-likeness (QED) is 0.664. The molecule has 0 bridgehead atoms. The second-order valence-corrected chi connectivity index (χ2v) is 6.50. The summed E-state index contributed by atoms with van der Waals surface area (Å²) in [4.78, 5) is 24.4. The van der Waals surface area contributed by atoms with E-state index in [0.717, 1.165) is 11.1 Å². The van der Waals surface area contributed by atoms with Crippen LogP contribution in [0.2, 0.25) is 0 Å². The maximum Gasteiger partial charge on any atom is 0.262 e. The molecule has 2 amide bonds. The first-order valence-electron chi connectivity index (χ1n) is 8.97. The molecule has 0 unspecified atom stereocenters. The van der Waals surface area contributed by atoms with Gasteiger partial charge in [0.2, 0.25) is 0 Å². The maximum absolute atomic E-state index is 12.3. The monoisotopic (exact) mass is 374 g/mol. The van der Waals surface area contributed by atoms with Crippen molar-refractivity contribution in [3.05, 3.63) is 89.5 Å². The first-order chi connectivity index (χ1) is 13.5. The smallest absolute Gasteiger partial charge is 0.262 e. The van der Waals surface area contributed by atoms with Crippen LogP contribution >= 0.6 is 0 Å². The Morgan fingerprint density at radius 1 is 0.786 bits per heavy atom. The van der Waals surface area contributed by atoms with Crippen LogP contribution in [0.3, 0.4) is 0 Å². The molecule has 0 aromatic heterocycles. The number of nitrogens with one attached hydrogen (secondary N) is 2.